The highest BCUT2D eigenvalue weighted by atomic mass is 35.5. The fraction of sp³-hybridized carbons (Fsp3) is 0.231. The van der Waals surface area contributed by atoms with Crippen molar-refractivity contribution in [3.8, 4) is 16.9 Å². The molecule has 10 heteroatoms. The molecule has 186 valence electrons. The van der Waals surface area contributed by atoms with Crippen molar-refractivity contribution in [1.82, 2.24) is 5.32 Å². The molecule has 1 saturated carbocycles. The molecule has 1 heterocycles. The number of fused-ring (bicyclic) bond motifs is 3. The summed E-state index contributed by atoms with van der Waals surface area (Å²) >= 11 is 12.6. The van der Waals surface area contributed by atoms with Crippen molar-refractivity contribution in [3.63, 3.8) is 0 Å². The molecule has 0 bridgehead atoms. The van der Waals surface area contributed by atoms with Crippen LogP contribution in [0.3, 0.4) is 0 Å². The van der Waals surface area contributed by atoms with Crippen molar-refractivity contribution in [2.45, 2.75) is 24.8 Å². The third-order valence-corrected chi connectivity index (χ3v) is 7.11. The van der Waals surface area contributed by atoms with Gasteiger partial charge in [-0.05, 0) is 42.2 Å². The predicted octanol–water partition coefficient (Wildman–Crippen LogP) is 6.00. The van der Waals surface area contributed by atoms with E-state index in [-0.39, 0.29) is 28.3 Å². The maximum atomic E-state index is 14.0. The van der Waals surface area contributed by atoms with Crippen LogP contribution in [0.4, 0.5) is 13.2 Å². The largest absolute Gasteiger partial charge is 0.492 e. The van der Waals surface area contributed by atoms with Gasteiger partial charge in [-0.3, -0.25) is 4.79 Å². The molecule has 5 nitrogen and oxygen atoms in total. The van der Waals surface area contributed by atoms with Gasteiger partial charge < -0.3 is 15.2 Å². The second-order valence-corrected chi connectivity index (χ2v) is 9.65. The lowest BCUT2D eigenvalue weighted by molar-refractivity contribution is -0.139. The summed E-state index contributed by atoms with van der Waals surface area (Å²) in [6.45, 7) is 0.455. The van der Waals surface area contributed by atoms with Crippen LogP contribution in [0.25, 0.3) is 11.1 Å². The summed E-state index contributed by atoms with van der Waals surface area (Å²) in [5.41, 5.74) is 1.43. The van der Waals surface area contributed by atoms with Crippen LogP contribution < -0.4 is 10.1 Å². The Labute approximate surface area is 213 Å². The van der Waals surface area contributed by atoms with Crippen LogP contribution in [-0.2, 0) is 11.2 Å². The molecule has 1 amide bonds. The lowest BCUT2D eigenvalue weighted by atomic mass is 9.89. The molecule has 36 heavy (non-hydrogen) atoms. The highest BCUT2D eigenvalue weighted by Crippen LogP contribution is 2.58. The number of carboxylic acids is 1. The number of rotatable bonds is 6. The molecule has 3 aromatic rings. The fourth-order valence-corrected chi connectivity index (χ4v) is 5.38. The molecule has 2 N–H and O–H groups in total. The van der Waals surface area contributed by atoms with Crippen molar-refractivity contribution < 1.29 is 32.6 Å². The second kappa shape index (κ2) is 9.33. The Morgan fingerprint density at radius 1 is 1.08 bits per heavy atom. The molecule has 0 spiro atoms. The van der Waals surface area contributed by atoms with Crippen LogP contribution in [0.1, 0.15) is 33.8 Å². The Kier molecular flexibility index (Phi) is 6.34. The average molecular weight is 536 g/mol. The lowest BCUT2D eigenvalue weighted by Crippen LogP contribution is -2.43. The summed E-state index contributed by atoms with van der Waals surface area (Å²) in [5.74, 6) is -4.49. The number of benzene rings is 3. The van der Waals surface area contributed by atoms with Crippen molar-refractivity contribution in [3.05, 3.63) is 86.7 Å². The van der Waals surface area contributed by atoms with E-state index in [0.29, 0.717) is 29.0 Å². The van der Waals surface area contributed by atoms with Gasteiger partial charge in [0.25, 0.3) is 5.91 Å². The topological polar surface area (TPSA) is 75.6 Å². The highest BCUT2D eigenvalue weighted by Gasteiger charge is 2.46. The summed E-state index contributed by atoms with van der Waals surface area (Å²) in [4.78, 5) is 24.6. The molecule has 3 aromatic carbocycles. The van der Waals surface area contributed by atoms with E-state index in [0.717, 1.165) is 42.3 Å². The normalized spacial score (nSPS) is 18.5. The van der Waals surface area contributed by atoms with Crippen molar-refractivity contribution in [1.29, 1.82) is 0 Å². The van der Waals surface area contributed by atoms with Gasteiger partial charge in [-0.15, -0.1) is 0 Å². The quantitative estimate of drug-likeness (QED) is 0.406. The minimum Gasteiger partial charge on any atom is -0.492 e. The monoisotopic (exact) mass is 535 g/mol. The van der Waals surface area contributed by atoms with Gasteiger partial charge in [0.1, 0.15) is 34.8 Å². The van der Waals surface area contributed by atoms with E-state index in [1.54, 1.807) is 12.1 Å². The van der Waals surface area contributed by atoms with E-state index < -0.39 is 40.9 Å². The van der Waals surface area contributed by atoms with Crippen LogP contribution in [0, 0.1) is 23.4 Å². The first-order valence-corrected chi connectivity index (χ1v) is 11.8. The van der Waals surface area contributed by atoms with Crippen LogP contribution in [-0.4, -0.2) is 29.6 Å². The smallest absolute Gasteiger partial charge is 0.326 e. The van der Waals surface area contributed by atoms with Crippen molar-refractivity contribution >= 4 is 35.1 Å². The van der Waals surface area contributed by atoms with Gasteiger partial charge in [0.2, 0.25) is 0 Å². The van der Waals surface area contributed by atoms with Gasteiger partial charge >= 0.3 is 5.97 Å². The molecule has 0 radical (unpaired) electrons. The number of carbonyl (C=O) groups is 2. The van der Waals surface area contributed by atoms with Crippen LogP contribution in [0.5, 0.6) is 5.75 Å². The van der Waals surface area contributed by atoms with Gasteiger partial charge in [0.15, 0.2) is 0 Å². The van der Waals surface area contributed by atoms with Crippen molar-refractivity contribution in [2.75, 3.05) is 6.61 Å². The summed E-state index contributed by atoms with van der Waals surface area (Å²) in [6.07, 6.45) is 0.677. The second-order valence-electron chi connectivity index (χ2n) is 8.84. The molecule has 1 unspecified atom stereocenters. The standard InChI is InChI=1S/C26H18Cl2F3NO4/c27-16-8-13(29)9-17(28)22(16)14-5-4-11(21-15-6-12(15)10-36-24(14)21)7-20(26(34)35)32-25(33)23-18(30)2-1-3-19(23)31/h1-5,8-9,12,15,20H,6-7,10H2,(H,32,33)(H,34,35)/t12-,15-,20?/m0/s1. The molecule has 0 saturated heterocycles. The Hall–Kier alpha value is -3.23. The molecule has 1 fully saturated rings. The molecule has 5 rings (SSSR count). The maximum Gasteiger partial charge on any atom is 0.326 e. The number of amides is 1. The number of nitrogens with one attached hydrogen (secondary N) is 1. The zero-order valence-electron chi connectivity index (χ0n) is 18.5. The van der Waals surface area contributed by atoms with E-state index in [4.69, 9.17) is 27.9 Å². The van der Waals surface area contributed by atoms with Gasteiger partial charge in [-0.25, -0.2) is 18.0 Å². The van der Waals surface area contributed by atoms with Crippen LogP contribution in [0.15, 0.2) is 42.5 Å². The number of hydrogen-bond donors (Lipinski definition) is 2. The fourth-order valence-electron chi connectivity index (χ4n) is 4.72. The SMILES string of the molecule is O=C(NC(Cc1ccc(-c2c(Cl)cc(F)cc2Cl)c2c1[C@H]1C[C@H]1CO2)C(=O)O)c1c(F)cccc1F. The van der Waals surface area contributed by atoms with E-state index in [9.17, 15) is 27.9 Å². The molecule has 1 aliphatic carbocycles. The highest BCUT2D eigenvalue weighted by molar-refractivity contribution is 6.39. The van der Waals surface area contributed by atoms with E-state index in [2.05, 4.69) is 5.32 Å². The summed E-state index contributed by atoms with van der Waals surface area (Å²) in [6, 6.07) is 7.09. The van der Waals surface area contributed by atoms with Crippen molar-refractivity contribution in [2.24, 2.45) is 5.92 Å². The predicted molar refractivity (Wildman–Crippen MR) is 127 cm³/mol. The van der Waals surface area contributed by atoms with E-state index in [1.165, 1.54) is 0 Å². The minimum absolute atomic E-state index is 0.0964. The zero-order chi connectivity index (χ0) is 25.7. The Bertz CT molecular complexity index is 1370. The molecule has 0 aromatic heterocycles. The number of carbonyl (C=O) groups excluding carboxylic acids is 1. The average Bonchev–Trinajstić information content (AvgIpc) is 3.59. The molecular formula is C26H18Cl2F3NO4. The molecule has 1 aliphatic heterocycles. The first-order chi connectivity index (χ1) is 17.2. The van der Waals surface area contributed by atoms with E-state index in [1.807, 2.05) is 0 Å². The number of ether oxygens (including phenoxy) is 1. The number of carboxylic acid groups (broad SMARTS) is 1. The van der Waals surface area contributed by atoms with Gasteiger partial charge in [0.05, 0.1) is 16.7 Å². The number of aliphatic carboxylic acids is 1. The Morgan fingerprint density at radius 2 is 1.75 bits per heavy atom. The number of hydrogen-bond acceptors (Lipinski definition) is 3. The Morgan fingerprint density at radius 3 is 2.39 bits per heavy atom. The third-order valence-electron chi connectivity index (χ3n) is 6.52. The van der Waals surface area contributed by atoms with Crippen LogP contribution >= 0.6 is 23.2 Å². The van der Waals surface area contributed by atoms with Gasteiger partial charge in [-0.2, -0.15) is 0 Å². The third kappa shape index (κ3) is 4.40. The lowest BCUT2D eigenvalue weighted by Gasteiger charge is -2.25. The maximum absolute atomic E-state index is 14.0. The minimum atomic E-state index is -1.47. The number of halogens is 5. The summed E-state index contributed by atoms with van der Waals surface area (Å²) in [5, 5.41) is 12.2. The summed E-state index contributed by atoms with van der Waals surface area (Å²) in [7, 11) is 0. The van der Waals surface area contributed by atoms with Crippen LogP contribution in [0.2, 0.25) is 10.0 Å². The zero-order valence-corrected chi connectivity index (χ0v) is 20.0. The molecule has 3 atom stereocenters. The first kappa shape index (κ1) is 24.5. The Balaban J connectivity index is 1.52. The molecule has 2 aliphatic rings. The van der Waals surface area contributed by atoms with E-state index >= 15 is 0 Å². The summed E-state index contributed by atoms with van der Waals surface area (Å²) < 4.78 is 47.9. The van der Waals surface area contributed by atoms with Gasteiger partial charge in [0, 0.05) is 29.0 Å². The van der Waals surface area contributed by atoms with Gasteiger partial charge in [-0.1, -0.05) is 41.4 Å². The first-order valence-electron chi connectivity index (χ1n) is 11.1. The molecular weight excluding hydrogens is 518 g/mol.